The summed E-state index contributed by atoms with van der Waals surface area (Å²) in [6.07, 6.45) is 0. The molecule has 0 fully saturated rings. The van der Waals surface area contributed by atoms with Crippen LogP contribution in [0.3, 0.4) is 0 Å². The molecular weight excluding hydrogens is 286 g/mol. The molecule has 1 aromatic heterocycles. The molecule has 80 valence electrons. The van der Waals surface area contributed by atoms with E-state index < -0.39 is 9.84 Å². The van der Waals surface area contributed by atoms with Crippen molar-refractivity contribution in [1.82, 2.24) is 4.98 Å². The molecule has 0 atom stereocenters. The summed E-state index contributed by atoms with van der Waals surface area (Å²) < 4.78 is 22.7. The molecule has 0 aliphatic heterocycles. The Labute approximate surface area is 96.6 Å². The van der Waals surface area contributed by atoms with E-state index in [-0.39, 0.29) is 11.5 Å². The van der Waals surface area contributed by atoms with Gasteiger partial charge in [0, 0.05) is 16.0 Å². The Morgan fingerprint density at radius 1 is 1.50 bits per heavy atom. The molecule has 0 radical (unpaired) electrons. The molecule has 1 heterocycles. The Balaban J connectivity index is 2.88. The van der Waals surface area contributed by atoms with E-state index >= 15 is 0 Å². The lowest BCUT2D eigenvalue weighted by atomic mass is 10.4. The van der Waals surface area contributed by atoms with Crippen molar-refractivity contribution in [3.05, 3.63) is 15.6 Å². The first-order chi connectivity index (χ1) is 6.48. The Morgan fingerprint density at radius 2 is 2.14 bits per heavy atom. The highest BCUT2D eigenvalue weighted by Gasteiger charge is 2.13. The van der Waals surface area contributed by atoms with Crippen LogP contribution in [0.15, 0.2) is 0 Å². The van der Waals surface area contributed by atoms with Gasteiger partial charge < -0.3 is 0 Å². The van der Waals surface area contributed by atoms with Crippen molar-refractivity contribution in [2.24, 2.45) is 0 Å². The lowest BCUT2D eigenvalue weighted by Crippen LogP contribution is -2.06. The number of sulfone groups is 1. The summed E-state index contributed by atoms with van der Waals surface area (Å²) in [6, 6.07) is 0. The first-order valence-corrected chi connectivity index (χ1v) is 7.96. The molecule has 0 amide bonds. The molecule has 0 aliphatic carbocycles. The molecule has 0 aromatic carbocycles. The first kappa shape index (κ1) is 12.1. The van der Waals surface area contributed by atoms with Crippen LogP contribution in [0.4, 0.5) is 0 Å². The molecule has 1 aromatic rings. The van der Waals surface area contributed by atoms with Crippen molar-refractivity contribution in [3.8, 4) is 0 Å². The molecule has 0 aliphatic rings. The summed E-state index contributed by atoms with van der Waals surface area (Å²) in [6.45, 7) is 3.55. The molecule has 0 unspecified atom stereocenters. The van der Waals surface area contributed by atoms with Crippen LogP contribution in [0.1, 0.15) is 22.5 Å². The molecule has 1 rings (SSSR count). The van der Waals surface area contributed by atoms with Crippen LogP contribution in [0.2, 0.25) is 0 Å². The van der Waals surface area contributed by atoms with E-state index in [0.29, 0.717) is 5.01 Å². The van der Waals surface area contributed by atoms with Crippen LogP contribution in [-0.2, 0) is 20.9 Å². The fourth-order valence-corrected chi connectivity index (χ4v) is 3.85. The number of aromatic nitrogens is 1. The Morgan fingerprint density at radius 3 is 2.57 bits per heavy atom. The highest BCUT2D eigenvalue weighted by molar-refractivity contribution is 9.08. The van der Waals surface area contributed by atoms with Crippen LogP contribution in [0.5, 0.6) is 0 Å². The lowest BCUT2D eigenvalue weighted by Gasteiger charge is -1.95. The van der Waals surface area contributed by atoms with E-state index in [0.717, 1.165) is 15.9 Å². The summed E-state index contributed by atoms with van der Waals surface area (Å²) in [5.41, 5.74) is 0.924. The number of nitrogens with zero attached hydrogens (tertiary/aromatic N) is 1. The number of thiazole rings is 1. The number of aryl methyl sites for hydroxylation is 1. The highest BCUT2D eigenvalue weighted by Crippen LogP contribution is 2.22. The fraction of sp³-hybridized carbons (Fsp3) is 0.625. The van der Waals surface area contributed by atoms with Gasteiger partial charge in [0.25, 0.3) is 0 Å². The second-order valence-corrected chi connectivity index (χ2v) is 7.01. The molecule has 0 saturated carbocycles. The third kappa shape index (κ3) is 3.03. The predicted octanol–water partition coefficient (Wildman–Crippen LogP) is 2.28. The lowest BCUT2D eigenvalue weighted by molar-refractivity contribution is 0.596. The number of alkyl halides is 1. The summed E-state index contributed by atoms with van der Waals surface area (Å²) in [4.78, 5) is 5.33. The van der Waals surface area contributed by atoms with E-state index in [9.17, 15) is 8.42 Å². The van der Waals surface area contributed by atoms with Gasteiger partial charge in [0.1, 0.15) is 10.8 Å². The van der Waals surface area contributed by atoms with Crippen molar-refractivity contribution in [2.75, 3.05) is 5.75 Å². The van der Waals surface area contributed by atoms with E-state index in [1.165, 1.54) is 11.3 Å². The van der Waals surface area contributed by atoms with Gasteiger partial charge in [-0.25, -0.2) is 13.4 Å². The third-order valence-corrected chi connectivity index (χ3v) is 5.71. The molecule has 6 heteroatoms. The quantitative estimate of drug-likeness (QED) is 0.801. The third-order valence-electron chi connectivity index (χ3n) is 1.84. The van der Waals surface area contributed by atoms with Crippen molar-refractivity contribution >= 4 is 37.1 Å². The maximum Gasteiger partial charge on any atom is 0.156 e. The van der Waals surface area contributed by atoms with Gasteiger partial charge in [0.15, 0.2) is 9.84 Å². The molecular formula is C8H12BrNO2S2. The highest BCUT2D eigenvalue weighted by atomic mass is 79.9. The van der Waals surface area contributed by atoms with Crippen LogP contribution in [-0.4, -0.2) is 19.2 Å². The maximum absolute atomic E-state index is 11.3. The van der Waals surface area contributed by atoms with Gasteiger partial charge in [-0.1, -0.05) is 22.9 Å². The van der Waals surface area contributed by atoms with Crippen LogP contribution in [0.25, 0.3) is 0 Å². The van der Waals surface area contributed by atoms with E-state index in [2.05, 4.69) is 20.9 Å². The smallest absolute Gasteiger partial charge is 0.156 e. The van der Waals surface area contributed by atoms with Gasteiger partial charge >= 0.3 is 0 Å². The minimum absolute atomic E-state index is 0.0714. The zero-order chi connectivity index (χ0) is 10.8. The summed E-state index contributed by atoms with van der Waals surface area (Å²) in [5, 5.41) is 1.43. The summed E-state index contributed by atoms with van der Waals surface area (Å²) in [7, 11) is -2.95. The average Bonchev–Trinajstić information content (AvgIpc) is 2.45. The monoisotopic (exact) mass is 297 g/mol. The Bertz CT molecular complexity index is 411. The van der Waals surface area contributed by atoms with Gasteiger partial charge in [0.2, 0.25) is 0 Å². The normalized spacial score (nSPS) is 11.9. The number of rotatable bonds is 4. The van der Waals surface area contributed by atoms with Crippen LogP contribution >= 0.6 is 27.3 Å². The number of hydrogen-bond donors (Lipinski definition) is 0. The zero-order valence-corrected chi connectivity index (χ0v) is 11.3. The van der Waals surface area contributed by atoms with Crippen LogP contribution < -0.4 is 0 Å². The average molecular weight is 298 g/mol. The Kier molecular flexibility index (Phi) is 4.09. The molecule has 0 bridgehead atoms. The van der Waals surface area contributed by atoms with E-state index in [1.807, 2.05) is 6.92 Å². The van der Waals surface area contributed by atoms with Crippen molar-refractivity contribution in [1.29, 1.82) is 0 Å². The number of halogens is 1. The van der Waals surface area contributed by atoms with Crippen molar-refractivity contribution < 1.29 is 8.42 Å². The standard InChI is InChI=1S/C8H12BrNO2S2/c1-3-14(11,12)5-8-10-6(2)7(4-9)13-8/h3-5H2,1-2H3. The fourth-order valence-electron chi connectivity index (χ4n) is 0.964. The minimum Gasteiger partial charge on any atom is -0.245 e. The second-order valence-electron chi connectivity index (χ2n) is 2.93. The van der Waals surface area contributed by atoms with Gasteiger partial charge in [-0.05, 0) is 6.92 Å². The molecule has 3 nitrogen and oxygen atoms in total. The predicted molar refractivity (Wildman–Crippen MR) is 62.6 cm³/mol. The van der Waals surface area contributed by atoms with E-state index in [4.69, 9.17) is 0 Å². The zero-order valence-electron chi connectivity index (χ0n) is 8.08. The van der Waals surface area contributed by atoms with Gasteiger partial charge in [-0.15, -0.1) is 11.3 Å². The van der Waals surface area contributed by atoms with Gasteiger partial charge in [-0.2, -0.15) is 0 Å². The molecule has 14 heavy (non-hydrogen) atoms. The van der Waals surface area contributed by atoms with Crippen molar-refractivity contribution in [2.45, 2.75) is 24.9 Å². The maximum atomic E-state index is 11.3. The molecule has 0 spiro atoms. The molecule has 0 N–H and O–H groups in total. The first-order valence-electron chi connectivity index (χ1n) is 4.20. The van der Waals surface area contributed by atoms with Crippen LogP contribution in [0, 0.1) is 6.92 Å². The summed E-state index contributed by atoms with van der Waals surface area (Å²) >= 11 is 4.80. The van der Waals surface area contributed by atoms with Gasteiger partial charge in [-0.3, -0.25) is 0 Å². The topological polar surface area (TPSA) is 47.0 Å². The largest absolute Gasteiger partial charge is 0.245 e. The van der Waals surface area contributed by atoms with E-state index in [1.54, 1.807) is 6.92 Å². The van der Waals surface area contributed by atoms with Gasteiger partial charge in [0.05, 0.1) is 5.69 Å². The van der Waals surface area contributed by atoms with Crippen molar-refractivity contribution in [3.63, 3.8) is 0 Å². The Hall–Kier alpha value is 0.0600. The summed E-state index contributed by atoms with van der Waals surface area (Å²) in [5.74, 6) is 0.247. The second kappa shape index (κ2) is 4.72. The number of hydrogen-bond acceptors (Lipinski definition) is 4. The molecule has 0 saturated heterocycles. The SMILES string of the molecule is CCS(=O)(=O)Cc1nc(C)c(CBr)s1. The minimum atomic E-state index is -2.95.